The minimum Gasteiger partial charge on any atom is -0.379 e. The largest absolute Gasteiger partial charge is 0.379 e. The molecule has 2 aliphatic rings. The van der Waals surface area contributed by atoms with Crippen molar-refractivity contribution in [2.24, 2.45) is 0 Å². The highest BCUT2D eigenvalue weighted by molar-refractivity contribution is 7.99. The summed E-state index contributed by atoms with van der Waals surface area (Å²) in [7, 11) is 0. The number of hydrogen-bond acceptors (Lipinski definition) is 6. The number of halogens is 1. The van der Waals surface area contributed by atoms with Crippen molar-refractivity contribution in [1.82, 2.24) is 14.5 Å². The molecule has 0 atom stereocenters. The third kappa shape index (κ3) is 4.12. The maximum atomic E-state index is 13.3. The quantitative estimate of drug-likeness (QED) is 0.436. The maximum absolute atomic E-state index is 13.3. The van der Waals surface area contributed by atoms with Gasteiger partial charge in [0.25, 0.3) is 5.56 Å². The molecule has 1 aliphatic carbocycles. The lowest BCUT2D eigenvalue weighted by Crippen LogP contribution is -2.37. The average molecular weight is 432 g/mol. The molecule has 0 unspecified atom stereocenters. The van der Waals surface area contributed by atoms with Gasteiger partial charge in [-0.15, -0.1) is 11.3 Å². The molecule has 152 valence electrons. The molecular formula is C21H22FN3O2S2. The van der Waals surface area contributed by atoms with Crippen LogP contribution in [0, 0.1) is 5.82 Å². The van der Waals surface area contributed by atoms with Crippen LogP contribution in [0.2, 0.25) is 0 Å². The van der Waals surface area contributed by atoms with E-state index in [2.05, 4.69) is 4.90 Å². The summed E-state index contributed by atoms with van der Waals surface area (Å²) in [5.74, 6) is 0.641. The third-order valence-electron chi connectivity index (χ3n) is 5.33. The first-order chi connectivity index (χ1) is 14.2. The average Bonchev–Trinajstić information content (AvgIpc) is 3.47. The van der Waals surface area contributed by atoms with Crippen LogP contribution in [0.4, 0.5) is 4.39 Å². The highest BCUT2D eigenvalue weighted by atomic mass is 32.2. The van der Waals surface area contributed by atoms with Crippen molar-refractivity contribution < 1.29 is 9.13 Å². The molecule has 0 bridgehead atoms. The second-order valence-corrected chi connectivity index (χ2v) is 9.55. The molecule has 1 aromatic carbocycles. The molecule has 5 nitrogen and oxygen atoms in total. The fourth-order valence-corrected chi connectivity index (χ4v) is 5.68. The van der Waals surface area contributed by atoms with Crippen LogP contribution in [-0.2, 0) is 4.74 Å². The second kappa shape index (κ2) is 8.18. The summed E-state index contributed by atoms with van der Waals surface area (Å²) >= 11 is 3.12. The van der Waals surface area contributed by atoms with Gasteiger partial charge in [-0.25, -0.2) is 9.37 Å². The van der Waals surface area contributed by atoms with Gasteiger partial charge < -0.3 is 4.74 Å². The van der Waals surface area contributed by atoms with E-state index in [1.165, 1.54) is 23.5 Å². The molecule has 0 amide bonds. The van der Waals surface area contributed by atoms with Gasteiger partial charge in [0, 0.05) is 36.3 Å². The number of benzene rings is 1. The lowest BCUT2D eigenvalue weighted by molar-refractivity contribution is 0.0410. The van der Waals surface area contributed by atoms with E-state index < -0.39 is 0 Å². The number of fused-ring (bicyclic) bond motifs is 1. The number of nitrogens with zero attached hydrogens (tertiary/aromatic N) is 3. The van der Waals surface area contributed by atoms with E-state index in [1.54, 1.807) is 23.9 Å². The van der Waals surface area contributed by atoms with Gasteiger partial charge in [-0.2, -0.15) is 0 Å². The Labute approximate surface area is 176 Å². The molecule has 5 rings (SSSR count). The Hall–Kier alpha value is -1.74. The topological polar surface area (TPSA) is 47.4 Å². The predicted octanol–water partition coefficient (Wildman–Crippen LogP) is 4.02. The van der Waals surface area contributed by atoms with Crippen LogP contribution in [0.3, 0.4) is 0 Å². The molecule has 29 heavy (non-hydrogen) atoms. The van der Waals surface area contributed by atoms with Gasteiger partial charge in [0.2, 0.25) is 0 Å². The number of rotatable bonds is 6. The Morgan fingerprint density at radius 2 is 1.97 bits per heavy atom. The molecule has 2 aromatic heterocycles. The Kier molecular flexibility index (Phi) is 5.43. The summed E-state index contributed by atoms with van der Waals surface area (Å²) in [6.07, 6.45) is 2.08. The highest BCUT2D eigenvalue weighted by Gasteiger charge is 2.29. The summed E-state index contributed by atoms with van der Waals surface area (Å²) in [5.41, 5.74) is 1.71. The number of aromatic nitrogens is 2. The zero-order chi connectivity index (χ0) is 19.8. The number of thioether (sulfide) groups is 1. The monoisotopic (exact) mass is 431 g/mol. The summed E-state index contributed by atoms with van der Waals surface area (Å²) in [4.78, 5) is 21.4. The van der Waals surface area contributed by atoms with E-state index in [4.69, 9.17) is 9.72 Å². The van der Waals surface area contributed by atoms with Crippen molar-refractivity contribution in [2.75, 3.05) is 38.6 Å². The van der Waals surface area contributed by atoms with Gasteiger partial charge in [0.15, 0.2) is 5.16 Å². The lowest BCUT2D eigenvalue weighted by Gasteiger charge is -2.26. The van der Waals surface area contributed by atoms with E-state index in [-0.39, 0.29) is 17.4 Å². The van der Waals surface area contributed by atoms with E-state index in [9.17, 15) is 9.18 Å². The maximum Gasteiger partial charge on any atom is 0.272 e. The van der Waals surface area contributed by atoms with E-state index in [0.717, 1.165) is 72.6 Å². The van der Waals surface area contributed by atoms with Crippen molar-refractivity contribution in [3.63, 3.8) is 0 Å². The van der Waals surface area contributed by atoms with Gasteiger partial charge in [0.1, 0.15) is 10.5 Å². The molecule has 0 radical (unpaired) electrons. The summed E-state index contributed by atoms with van der Waals surface area (Å²) in [5, 5.41) is 0.821. The number of ether oxygens (including phenoxy) is 1. The Balaban J connectivity index is 1.44. The zero-order valence-corrected chi connectivity index (χ0v) is 17.6. The highest BCUT2D eigenvalue weighted by Crippen LogP contribution is 2.38. The normalized spacial score (nSPS) is 17.8. The number of hydrogen-bond donors (Lipinski definition) is 0. The minimum atomic E-state index is -0.261. The molecule has 3 aromatic rings. The van der Waals surface area contributed by atoms with Gasteiger partial charge >= 0.3 is 0 Å². The van der Waals surface area contributed by atoms with Gasteiger partial charge in [-0.1, -0.05) is 23.9 Å². The van der Waals surface area contributed by atoms with Crippen LogP contribution >= 0.6 is 23.1 Å². The Morgan fingerprint density at radius 3 is 2.69 bits per heavy atom. The van der Waals surface area contributed by atoms with Crippen LogP contribution in [0.1, 0.15) is 18.9 Å². The zero-order valence-electron chi connectivity index (χ0n) is 16.0. The predicted molar refractivity (Wildman–Crippen MR) is 116 cm³/mol. The van der Waals surface area contributed by atoms with E-state index in [1.807, 2.05) is 10.6 Å². The van der Waals surface area contributed by atoms with Crippen LogP contribution in [0.25, 0.3) is 20.7 Å². The molecule has 0 spiro atoms. The van der Waals surface area contributed by atoms with Crippen molar-refractivity contribution in [1.29, 1.82) is 0 Å². The van der Waals surface area contributed by atoms with Crippen LogP contribution in [0.5, 0.6) is 0 Å². The van der Waals surface area contributed by atoms with Crippen LogP contribution < -0.4 is 5.56 Å². The summed E-state index contributed by atoms with van der Waals surface area (Å²) < 4.78 is 21.2. The second-order valence-electron chi connectivity index (χ2n) is 7.44. The van der Waals surface area contributed by atoms with E-state index >= 15 is 0 Å². The Bertz CT molecular complexity index is 1070. The Morgan fingerprint density at radius 1 is 1.21 bits per heavy atom. The lowest BCUT2D eigenvalue weighted by atomic mass is 10.2. The van der Waals surface area contributed by atoms with Crippen molar-refractivity contribution in [2.45, 2.75) is 24.0 Å². The summed E-state index contributed by atoms with van der Waals surface area (Å²) in [6.45, 7) is 4.49. The first kappa shape index (κ1) is 19.2. The molecule has 1 saturated carbocycles. The molecule has 8 heteroatoms. The first-order valence-corrected chi connectivity index (χ1v) is 11.7. The SMILES string of the molecule is O=c1c2sc(-c3ccc(F)cc3)cc2nc(SCCN2CCOCC2)n1C1CC1. The molecule has 1 saturated heterocycles. The van der Waals surface area contributed by atoms with Crippen molar-refractivity contribution >= 4 is 33.3 Å². The number of morpholine rings is 1. The van der Waals surface area contributed by atoms with Gasteiger partial charge in [-0.3, -0.25) is 14.3 Å². The van der Waals surface area contributed by atoms with Crippen molar-refractivity contribution in [3.05, 3.63) is 46.5 Å². The van der Waals surface area contributed by atoms with Crippen LogP contribution in [-0.4, -0.2) is 53.1 Å². The molecule has 3 heterocycles. The minimum absolute atomic E-state index is 0.0599. The molecule has 2 fully saturated rings. The van der Waals surface area contributed by atoms with E-state index in [0.29, 0.717) is 4.70 Å². The first-order valence-electron chi connectivity index (χ1n) is 9.94. The number of thiophene rings is 1. The molecule has 1 aliphatic heterocycles. The van der Waals surface area contributed by atoms with Gasteiger partial charge in [-0.05, 0) is 36.6 Å². The standard InChI is InChI=1S/C21H22FN3O2S2/c22-15-3-1-14(2-4-15)18-13-17-19(29-18)20(26)25(16-5-6-16)21(23-17)28-12-9-24-7-10-27-11-8-24/h1-4,13,16H,5-12H2. The van der Waals surface area contributed by atoms with Crippen molar-refractivity contribution in [3.8, 4) is 10.4 Å². The summed E-state index contributed by atoms with van der Waals surface area (Å²) in [6, 6.07) is 8.62. The van der Waals surface area contributed by atoms with Crippen LogP contribution in [0.15, 0.2) is 40.3 Å². The fraction of sp³-hybridized carbons (Fsp3) is 0.429. The third-order valence-corrected chi connectivity index (χ3v) is 7.43. The fourth-order valence-electron chi connectivity index (χ4n) is 3.57. The smallest absolute Gasteiger partial charge is 0.272 e. The molecule has 0 N–H and O–H groups in total. The molecular weight excluding hydrogens is 409 g/mol. The van der Waals surface area contributed by atoms with Gasteiger partial charge in [0.05, 0.1) is 18.7 Å².